The van der Waals surface area contributed by atoms with Crippen LogP contribution in [0.3, 0.4) is 0 Å². The summed E-state index contributed by atoms with van der Waals surface area (Å²) in [7, 11) is 0. The third-order valence-electron chi connectivity index (χ3n) is 4.84. The van der Waals surface area contributed by atoms with E-state index in [2.05, 4.69) is 11.5 Å². The summed E-state index contributed by atoms with van der Waals surface area (Å²) in [5, 5.41) is 10.7. The molecule has 0 aliphatic rings. The fraction of sp³-hybridized carbons (Fsp3) is 0.190. The van der Waals surface area contributed by atoms with Crippen LogP contribution in [-0.2, 0) is 13.2 Å². The maximum atomic E-state index is 12.9. The van der Waals surface area contributed by atoms with Crippen LogP contribution >= 0.6 is 0 Å². The van der Waals surface area contributed by atoms with Gasteiger partial charge in [-0.15, -0.1) is 0 Å². The summed E-state index contributed by atoms with van der Waals surface area (Å²) in [6.45, 7) is 4.48. The Balaban J connectivity index is 2.09. The molecule has 1 N–H and O–H groups in total. The second kappa shape index (κ2) is 5.90. The Bertz CT molecular complexity index is 1150. The van der Waals surface area contributed by atoms with Crippen LogP contribution in [0.15, 0.2) is 57.7 Å². The highest BCUT2D eigenvalue weighted by molar-refractivity contribution is 5.95. The molecule has 0 radical (unpaired) electrons. The minimum absolute atomic E-state index is 0.0560. The van der Waals surface area contributed by atoms with Crippen molar-refractivity contribution in [1.29, 1.82) is 0 Å². The molecule has 2 heterocycles. The lowest BCUT2D eigenvalue weighted by Gasteiger charge is -2.17. The Morgan fingerprint density at radius 3 is 2.48 bits per heavy atom. The lowest BCUT2D eigenvalue weighted by atomic mass is 10.0. The molecule has 4 aromatic rings. The maximum Gasteiger partial charge on any atom is 0.197 e. The van der Waals surface area contributed by atoms with E-state index >= 15 is 0 Å². The van der Waals surface area contributed by atoms with Crippen molar-refractivity contribution >= 4 is 21.8 Å². The maximum absolute atomic E-state index is 12.9. The number of fused-ring (bicyclic) bond motifs is 2. The van der Waals surface area contributed by atoms with Crippen molar-refractivity contribution < 1.29 is 9.52 Å². The van der Waals surface area contributed by atoms with Crippen LogP contribution in [0.5, 0.6) is 0 Å². The monoisotopic (exact) mass is 333 g/mol. The van der Waals surface area contributed by atoms with Crippen LogP contribution in [0.25, 0.3) is 21.8 Å². The van der Waals surface area contributed by atoms with Crippen molar-refractivity contribution in [2.24, 2.45) is 0 Å². The van der Waals surface area contributed by atoms with E-state index in [0.29, 0.717) is 17.7 Å². The van der Waals surface area contributed by atoms with Crippen molar-refractivity contribution in [1.82, 2.24) is 4.57 Å². The molecule has 0 atom stereocenters. The number of hydrogen-bond acceptors (Lipinski definition) is 3. The molecular formula is C21H19NO3. The summed E-state index contributed by atoms with van der Waals surface area (Å²) < 4.78 is 7.82. The van der Waals surface area contributed by atoms with Crippen LogP contribution in [0, 0.1) is 13.8 Å². The number of nitrogens with zero attached hydrogens (tertiary/aromatic N) is 1. The fourth-order valence-electron chi connectivity index (χ4n) is 3.41. The summed E-state index contributed by atoms with van der Waals surface area (Å²) in [4.78, 5) is 12.9. The first kappa shape index (κ1) is 15.7. The molecule has 2 aromatic carbocycles. The lowest BCUT2D eigenvalue weighted by molar-refractivity contribution is 0.243. The van der Waals surface area contributed by atoms with E-state index < -0.39 is 0 Å². The zero-order valence-corrected chi connectivity index (χ0v) is 14.2. The van der Waals surface area contributed by atoms with Crippen molar-refractivity contribution in [3.05, 3.63) is 81.4 Å². The molecule has 0 aliphatic heterocycles. The Morgan fingerprint density at radius 2 is 1.72 bits per heavy atom. The number of benzene rings is 2. The SMILES string of the molecule is Cc1ccc2c(=O)c3ccccc3n(Cc3ccc(CO)o3)c2c1C. The van der Waals surface area contributed by atoms with Crippen LogP contribution in [0.4, 0.5) is 0 Å². The van der Waals surface area contributed by atoms with E-state index in [9.17, 15) is 9.90 Å². The van der Waals surface area contributed by atoms with Crippen molar-refractivity contribution in [3.63, 3.8) is 0 Å². The van der Waals surface area contributed by atoms with Gasteiger partial charge in [0.1, 0.15) is 18.1 Å². The van der Waals surface area contributed by atoms with Gasteiger partial charge in [0.05, 0.1) is 17.6 Å². The molecule has 0 aliphatic carbocycles. The van der Waals surface area contributed by atoms with E-state index in [1.54, 1.807) is 6.07 Å². The lowest BCUT2D eigenvalue weighted by Crippen LogP contribution is -2.13. The first-order chi connectivity index (χ1) is 12.1. The molecule has 126 valence electrons. The quantitative estimate of drug-likeness (QED) is 0.578. The number of aliphatic hydroxyl groups is 1. The van der Waals surface area contributed by atoms with Gasteiger partial charge in [-0.05, 0) is 55.3 Å². The highest BCUT2D eigenvalue weighted by Crippen LogP contribution is 2.25. The van der Waals surface area contributed by atoms with Gasteiger partial charge in [0, 0.05) is 10.8 Å². The molecule has 4 heteroatoms. The number of rotatable bonds is 3. The van der Waals surface area contributed by atoms with Crippen LogP contribution < -0.4 is 5.43 Å². The van der Waals surface area contributed by atoms with E-state index in [-0.39, 0.29) is 12.0 Å². The molecule has 0 spiro atoms. The van der Waals surface area contributed by atoms with Crippen molar-refractivity contribution in [2.75, 3.05) is 0 Å². The highest BCUT2D eigenvalue weighted by atomic mass is 16.4. The number of para-hydroxylation sites is 1. The van der Waals surface area contributed by atoms with Gasteiger partial charge in [-0.1, -0.05) is 18.2 Å². The molecule has 0 unspecified atom stereocenters. The molecule has 25 heavy (non-hydrogen) atoms. The number of pyridine rings is 1. The zero-order valence-electron chi connectivity index (χ0n) is 14.2. The molecule has 0 fully saturated rings. The van der Waals surface area contributed by atoms with E-state index in [1.165, 1.54) is 0 Å². The van der Waals surface area contributed by atoms with Gasteiger partial charge in [-0.3, -0.25) is 4.79 Å². The summed E-state index contributed by atoms with van der Waals surface area (Å²) in [6, 6.07) is 15.2. The molecule has 4 rings (SSSR count). The predicted molar refractivity (Wildman–Crippen MR) is 98.9 cm³/mol. The van der Waals surface area contributed by atoms with Crippen LogP contribution in [0.1, 0.15) is 22.6 Å². The van der Waals surface area contributed by atoms with Gasteiger partial charge in [-0.2, -0.15) is 0 Å². The van der Waals surface area contributed by atoms with Crippen molar-refractivity contribution in [3.8, 4) is 0 Å². The largest absolute Gasteiger partial charge is 0.462 e. The predicted octanol–water partition coefficient (Wildman–Crippen LogP) is 3.91. The number of aryl methyl sites for hydroxylation is 2. The molecular weight excluding hydrogens is 314 g/mol. The summed E-state index contributed by atoms with van der Waals surface area (Å²) in [5.74, 6) is 1.29. The van der Waals surface area contributed by atoms with Gasteiger partial charge < -0.3 is 14.1 Å². The van der Waals surface area contributed by atoms with Crippen LogP contribution in [0.2, 0.25) is 0 Å². The normalized spacial score (nSPS) is 11.5. The Hall–Kier alpha value is -2.85. The van der Waals surface area contributed by atoms with Crippen LogP contribution in [-0.4, -0.2) is 9.67 Å². The molecule has 2 aromatic heterocycles. The first-order valence-corrected chi connectivity index (χ1v) is 8.30. The zero-order chi connectivity index (χ0) is 17.6. The number of furan rings is 1. The molecule has 0 amide bonds. The minimum atomic E-state index is -0.121. The molecule has 0 saturated carbocycles. The Morgan fingerprint density at radius 1 is 0.960 bits per heavy atom. The average Bonchev–Trinajstić information content (AvgIpc) is 3.09. The van der Waals surface area contributed by atoms with E-state index in [0.717, 1.165) is 33.3 Å². The number of hydrogen-bond donors (Lipinski definition) is 1. The molecule has 0 bridgehead atoms. The van der Waals surface area contributed by atoms with Gasteiger partial charge in [0.15, 0.2) is 5.43 Å². The summed E-state index contributed by atoms with van der Waals surface area (Å²) in [5.41, 5.74) is 4.11. The Kier molecular flexibility index (Phi) is 3.70. The Labute approximate surface area is 144 Å². The summed E-state index contributed by atoms with van der Waals surface area (Å²) in [6.07, 6.45) is 0. The van der Waals surface area contributed by atoms with Gasteiger partial charge in [0.25, 0.3) is 0 Å². The smallest absolute Gasteiger partial charge is 0.197 e. The molecule has 0 saturated heterocycles. The fourth-order valence-corrected chi connectivity index (χ4v) is 3.41. The standard InChI is InChI=1S/C21H19NO3/c1-13-7-10-18-20(14(13)2)22(11-15-8-9-16(12-23)25-15)19-6-4-3-5-17(19)21(18)24/h3-10,23H,11-12H2,1-2H3. The third-order valence-corrected chi connectivity index (χ3v) is 4.84. The second-order valence-electron chi connectivity index (χ2n) is 6.36. The molecule has 4 nitrogen and oxygen atoms in total. The van der Waals surface area contributed by atoms with E-state index in [1.807, 2.05) is 49.4 Å². The van der Waals surface area contributed by atoms with Gasteiger partial charge >= 0.3 is 0 Å². The highest BCUT2D eigenvalue weighted by Gasteiger charge is 2.15. The number of aliphatic hydroxyl groups excluding tert-OH is 1. The second-order valence-corrected chi connectivity index (χ2v) is 6.36. The van der Waals surface area contributed by atoms with Gasteiger partial charge in [0.2, 0.25) is 0 Å². The van der Waals surface area contributed by atoms with E-state index in [4.69, 9.17) is 4.42 Å². The third kappa shape index (κ3) is 2.46. The summed E-state index contributed by atoms with van der Waals surface area (Å²) >= 11 is 0. The van der Waals surface area contributed by atoms with Crippen molar-refractivity contribution in [2.45, 2.75) is 27.0 Å². The topological polar surface area (TPSA) is 55.4 Å². The average molecular weight is 333 g/mol. The van der Waals surface area contributed by atoms with Gasteiger partial charge in [-0.25, -0.2) is 0 Å². The number of aromatic nitrogens is 1. The minimum Gasteiger partial charge on any atom is -0.462 e. The first-order valence-electron chi connectivity index (χ1n) is 8.30.